The fourth-order valence-electron chi connectivity index (χ4n) is 2.40. The molecule has 7 nitrogen and oxygen atoms in total. The Labute approximate surface area is 144 Å². The van der Waals surface area contributed by atoms with E-state index in [4.69, 9.17) is 9.47 Å². The number of carbonyl (C=O) groups is 2. The predicted octanol–water partition coefficient (Wildman–Crippen LogP) is 1.93. The van der Waals surface area contributed by atoms with Crippen LogP contribution in [0.3, 0.4) is 0 Å². The van der Waals surface area contributed by atoms with Crippen LogP contribution in [0.25, 0.3) is 0 Å². The summed E-state index contributed by atoms with van der Waals surface area (Å²) in [6, 6.07) is 3.57. The minimum atomic E-state index is -0.711. The largest absolute Gasteiger partial charge is 0.504 e. The topological polar surface area (TPSA) is 96.9 Å². The van der Waals surface area contributed by atoms with Gasteiger partial charge in [-0.3, -0.25) is 0 Å². The van der Waals surface area contributed by atoms with Crippen molar-refractivity contribution in [3.05, 3.63) is 35.0 Å². The van der Waals surface area contributed by atoms with Gasteiger partial charge >= 0.3 is 12.0 Å². The fourth-order valence-corrected chi connectivity index (χ4v) is 2.65. The average Bonchev–Trinajstić information content (AvgIpc) is 2.54. The van der Waals surface area contributed by atoms with Gasteiger partial charge in [0.2, 0.25) is 0 Å². The highest BCUT2D eigenvalue weighted by molar-refractivity contribution is 7.98. The number of aromatic hydroxyl groups is 1. The molecule has 0 aromatic heterocycles. The first-order valence-corrected chi connectivity index (χ1v) is 8.68. The lowest BCUT2D eigenvalue weighted by molar-refractivity contribution is -0.138. The summed E-state index contributed by atoms with van der Waals surface area (Å²) in [7, 11) is 1.44. The van der Waals surface area contributed by atoms with Crippen LogP contribution in [0.2, 0.25) is 0 Å². The van der Waals surface area contributed by atoms with E-state index in [2.05, 4.69) is 10.6 Å². The molecule has 0 saturated heterocycles. The summed E-state index contributed by atoms with van der Waals surface area (Å²) in [5.41, 5.74) is 1.28. The predicted molar refractivity (Wildman–Crippen MR) is 91.1 cm³/mol. The Bertz CT molecular complexity index is 674. The number of urea groups is 1. The van der Waals surface area contributed by atoms with Gasteiger partial charge in [-0.25, -0.2) is 9.59 Å². The van der Waals surface area contributed by atoms with E-state index in [0.717, 1.165) is 0 Å². The molecule has 8 heteroatoms. The fraction of sp³-hybridized carbons (Fsp3) is 0.375. The second kappa shape index (κ2) is 7.96. The van der Waals surface area contributed by atoms with Crippen LogP contribution in [0.5, 0.6) is 11.5 Å². The standard InChI is InChI=1S/C16H20N2O5S/c1-9-13(15(20)23-6-7-24-3)14(18-16(21)17-9)10-4-5-12(22-2)11(19)8-10/h4-5,8,14,19H,6-7H2,1-3H3,(H2,17,18,21)/t14-/m1/s1. The van der Waals surface area contributed by atoms with Gasteiger partial charge in [0.1, 0.15) is 6.61 Å². The Kier molecular flexibility index (Phi) is 5.97. The third-order valence-corrected chi connectivity index (χ3v) is 4.12. The summed E-state index contributed by atoms with van der Waals surface area (Å²) in [6.45, 7) is 1.92. The van der Waals surface area contributed by atoms with Crippen molar-refractivity contribution in [3.8, 4) is 11.5 Å². The molecule has 24 heavy (non-hydrogen) atoms. The van der Waals surface area contributed by atoms with Crippen molar-refractivity contribution in [2.24, 2.45) is 0 Å². The third kappa shape index (κ3) is 3.94. The molecule has 2 rings (SSSR count). The molecule has 1 aromatic rings. The van der Waals surface area contributed by atoms with Crippen LogP contribution in [0.4, 0.5) is 4.79 Å². The maximum atomic E-state index is 12.4. The van der Waals surface area contributed by atoms with E-state index in [1.54, 1.807) is 30.8 Å². The quantitative estimate of drug-likeness (QED) is 0.535. The number of thioether (sulfide) groups is 1. The molecule has 0 fully saturated rings. The third-order valence-electron chi connectivity index (χ3n) is 3.55. The zero-order chi connectivity index (χ0) is 17.7. The smallest absolute Gasteiger partial charge is 0.338 e. The Morgan fingerprint density at radius 1 is 1.42 bits per heavy atom. The van der Waals surface area contributed by atoms with Gasteiger partial charge in [0.25, 0.3) is 0 Å². The molecule has 1 atom stereocenters. The van der Waals surface area contributed by atoms with E-state index < -0.39 is 18.0 Å². The maximum absolute atomic E-state index is 12.4. The second-order valence-electron chi connectivity index (χ2n) is 5.13. The maximum Gasteiger partial charge on any atom is 0.338 e. The molecule has 3 N–H and O–H groups in total. The first-order chi connectivity index (χ1) is 11.5. The normalized spacial score (nSPS) is 17.1. The lowest BCUT2D eigenvalue weighted by atomic mass is 9.95. The minimum absolute atomic E-state index is 0.0736. The molecule has 0 aliphatic carbocycles. The highest BCUT2D eigenvalue weighted by Gasteiger charge is 2.32. The summed E-state index contributed by atoms with van der Waals surface area (Å²) in [6.07, 6.45) is 1.92. The van der Waals surface area contributed by atoms with Gasteiger partial charge in [0.15, 0.2) is 11.5 Å². The molecule has 1 aliphatic heterocycles. The number of esters is 1. The molecule has 2 amide bonds. The summed E-state index contributed by atoms with van der Waals surface area (Å²) < 4.78 is 10.3. The van der Waals surface area contributed by atoms with Crippen LogP contribution in [0.15, 0.2) is 29.5 Å². The van der Waals surface area contributed by atoms with Gasteiger partial charge in [-0.05, 0) is 30.9 Å². The van der Waals surface area contributed by atoms with Gasteiger partial charge in [-0.15, -0.1) is 0 Å². The SMILES string of the molecule is COc1ccc([C@H]2NC(=O)NC(C)=C2C(=O)OCCSC)cc1O. The van der Waals surface area contributed by atoms with Gasteiger partial charge in [-0.2, -0.15) is 11.8 Å². The van der Waals surface area contributed by atoms with E-state index in [1.807, 2.05) is 6.26 Å². The summed E-state index contributed by atoms with van der Waals surface area (Å²) >= 11 is 1.57. The van der Waals surface area contributed by atoms with Crippen molar-refractivity contribution < 1.29 is 24.2 Å². The van der Waals surface area contributed by atoms with Crippen LogP contribution in [-0.4, -0.2) is 42.8 Å². The number of hydrogen-bond donors (Lipinski definition) is 3. The van der Waals surface area contributed by atoms with Gasteiger partial charge in [0.05, 0.1) is 18.7 Å². The number of ether oxygens (including phenoxy) is 2. The van der Waals surface area contributed by atoms with Crippen LogP contribution in [-0.2, 0) is 9.53 Å². The van der Waals surface area contributed by atoms with Crippen LogP contribution >= 0.6 is 11.8 Å². The van der Waals surface area contributed by atoms with Gasteiger partial charge in [0, 0.05) is 11.4 Å². The van der Waals surface area contributed by atoms with Crippen molar-refractivity contribution in [3.63, 3.8) is 0 Å². The van der Waals surface area contributed by atoms with E-state index in [0.29, 0.717) is 28.3 Å². The zero-order valence-electron chi connectivity index (χ0n) is 13.7. The first-order valence-electron chi connectivity index (χ1n) is 7.29. The molecule has 0 bridgehead atoms. The Balaban J connectivity index is 2.34. The first kappa shape index (κ1) is 18.0. The monoisotopic (exact) mass is 352 g/mol. The number of hydrogen-bond acceptors (Lipinski definition) is 6. The average molecular weight is 352 g/mol. The van der Waals surface area contributed by atoms with E-state index >= 15 is 0 Å². The number of phenolic OH excluding ortho intramolecular Hbond substituents is 1. The van der Waals surface area contributed by atoms with E-state index in [-0.39, 0.29) is 12.4 Å². The number of methoxy groups -OCH3 is 1. The number of nitrogens with one attached hydrogen (secondary N) is 2. The number of amides is 2. The number of allylic oxidation sites excluding steroid dienone is 1. The van der Waals surface area contributed by atoms with Crippen molar-refractivity contribution in [1.29, 1.82) is 0 Å². The van der Waals surface area contributed by atoms with Crippen LogP contribution in [0.1, 0.15) is 18.5 Å². The molecule has 0 spiro atoms. The highest BCUT2D eigenvalue weighted by Crippen LogP contribution is 2.33. The van der Waals surface area contributed by atoms with Crippen LogP contribution < -0.4 is 15.4 Å². The summed E-state index contributed by atoms with van der Waals surface area (Å²) in [5.74, 6) is 0.417. The number of rotatable bonds is 6. The lowest BCUT2D eigenvalue weighted by Crippen LogP contribution is -2.45. The Morgan fingerprint density at radius 2 is 2.17 bits per heavy atom. The van der Waals surface area contributed by atoms with E-state index in [1.165, 1.54) is 13.2 Å². The number of carbonyl (C=O) groups excluding carboxylic acids is 2. The van der Waals surface area contributed by atoms with Crippen molar-refractivity contribution in [2.75, 3.05) is 25.7 Å². The zero-order valence-corrected chi connectivity index (χ0v) is 14.5. The van der Waals surface area contributed by atoms with Gasteiger partial charge < -0.3 is 25.2 Å². The molecule has 1 heterocycles. The molecular formula is C16H20N2O5S. The molecule has 130 valence electrons. The van der Waals surface area contributed by atoms with E-state index in [9.17, 15) is 14.7 Å². The van der Waals surface area contributed by atoms with Crippen LogP contribution in [0, 0.1) is 0 Å². The van der Waals surface area contributed by atoms with Crippen molar-refractivity contribution in [1.82, 2.24) is 10.6 Å². The molecule has 0 saturated carbocycles. The lowest BCUT2D eigenvalue weighted by Gasteiger charge is -2.28. The Morgan fingerprint density at radius 3 is 2.79 bits per heavy atom. The molecule has 1 aliphatic rings. The number of phenols is 1. The highest BCUT2D eigenvalue weighted by atomic mass is 32.2. The van der Waals surface area contributed by atoms with Crippen molar-refractivity contribution in [2.45, 2.75) is 13.0 Å². The summed E-state index contributed by atoms with van der Waals surface area (Å²) in [4.78, 5) is 24.2. The minimum Gasteiger partial charge on any atom is -0.504 e. The summed E-state index contributed by atoms with van der Waals surface area (Å²) in [5, 5.41) is 15.2. The van der Waals surface area contributed by atoms with Crippen molar-refractivity contribution >= 4 is 23.8 Å². The molecule has 0 unspecified atom stereocenters. The Hall–Kier alpha value is -2.35. The second-order valence-corrected chi connectivity index (χ2v) is 6.12. The molecule has 1 aromatic carbocycles. The van der Waals surface area contributed by atoms with Gasteiger partial charge in [-0.1, -0.05) is 6.07 Å². The molecular weight excluding hydrogens is 332 g/mol. The number of benzene rings is 1. The molecule has 0 radical (unpaired) electrons.